The number of hydrogen-bond donors (Lipinski definition) is 0. The number of carbonyl (C=O) groups is 1. The molecule has 0 aliphatic heterocycles. The third-order valence-corrected chi connectivity index (χ3v) is 5.90. The summed E-state index contributed by atoms with van der Waals surface area (Å²) in [5.74, 6) is -0.365. The second-order valence-electron chi connectivity index (χ2n) is 9.04. The fraction of sp³-hybridized carbons (Fsp3) is 0.958. The molecule has 0 spiro atoms. The number of likely N-dealkylation sites (N-methyl/N-ethyl adjacent to an activating group) is 1. The topological polar surface area (TPSA) is 26.3 Å². The van der Waals surface area contributed by atoms with Crippen LogP contribution in [0, 0.1) is 0 Å². The van der Waals surface area contributed by atoms with Gasteiger partial charge in [0.25, 0.3) is 0 Å². The Morgan fingerprint density at radius 3 is 1.46 bits per heavy atom. The summed E-state index contributed by atoms with van der Waals surface area (Å²) in [6.07, 6.45) is 22.5. The van der Waals surface area contributed by atoms with Crippen LogP contribution in [0.3, 0.4) is 0 Å². The van der Waals surface area contributed by atoms with Gasteiger partial charge in [-0.25, -0.2) is 0 Å². The van der Waals surface area contributed by atoms with Crippen molar-refractivity contribution in [3.8, 4) is 0 Å². The minimum atomic E-state index is -0.316. The van der Waals surface area contributed by atoms with Crippen molar-refractivity contribution < 1.29 is 14.0 Å². The first kappa shape index (κ1) is 27.7. The van der Waals surface area contributed by atoms with Gasteiger partial charge in [0.2, 0.25) is 0 Å². The lowest BCUT2D eigenvalue weighted by atomic mass is 10.0. The highest BCUT2D eigenvalue weighted by Crippen LogP contribution is 2.14. The molecular formula is C24H49ClNO2+. The number of nitrogens with zero attached hydrogens (tertiary/aromatic N) is 1. The van der Waals surface area contributed by atoms with E-state index in [-0.39, 0.29) is 11.8 Å². The first-order chi connectivity index (χ1) is 13.5. The van der Waals surface area contributed by atoms with Gasteiger partial charge >= 0.3 is 5.97 Å². The first-order valence-corrected chi connectivity index (χ1v) is 12.6. The molecular weight excluding hydrogens is 370 g/mol. The van der Waals surface area contributed by atoms with Crippen LogP contribution in [0.2, 0.25) is 0 Å². The number of carbonyl (C=O) groups excluding carboxylic acids is 1. The molecule has 0 atom stereocenters. The lowest BCUT2D eigenvalue weighted by Gasteiger charge is -2.29. The Morgan fingerprint density at radius 2 is 1.07 bits per heavy atom. The number of hydrogen-bond acceptors (Lipinski definition) is 2. The Bertz CT molecular complexity index is 347. The second-order valence-corrected chi connectivity index (χ2v) is 9.31. The SMILES string of the molecule is CCCCCCCCCCCCCCCCCC[N+](C)(C)CCOC(=O)CCl. The standard InChI is InChI=1S/C24H49ClNO2/c1-4-5-6-7-8-9-10-11-12-13-14-15-16-17-18-19-20-26(2,3)21-22-28-24(27)23-25/h4-23H2,1-3H3/q+1. The number of esters is 1. The van der Waals surface area contributed by atoms with E-state index in [1.807, 2.05) is 0 Å². The van der Waals surface area contributed by atoms with E-state index >= 15 is 0 Å². The summed E-state index contributed by atoms with van der Waals surface area (Å²) in [4.78, 5) is 11.1. The van der Waals surface area contributed by atoms with Gasteiger partial charge < -0.3 is 9.22 Å². The maximum atomic E-state index is 11.1. The Morgan fingerprint density at radius 1 is 0.679 bits per heavy atom. The monoisotopic (exact) mass is 418 g/mol. The smallest absolute Gasteiger partial charge is 0.321 e. The molecule has 3 nitrogen and oxygen atoms in total. The van der Waals surface area contributed by atoms with Crippen molar-refractivity contribution in [3.05, 3.63) is 0 Å². The molecule has 0 fully saturated rings. The third-order valence-electron chi connectivity index (χ3n) is 5.69. The zero-order valence-electron chi connectivity index (χ0n) is 19.3. The Kier molecular flexibility index (Phi) is 19.8. The number of ether oxygens (including phenoxy) is 1. The summed E-state index contributed by atoms with van der Waals surface area (Å²) >= 11 is 5.43. The van der Waals surface area contributed by atoms with Crippen molar-refractivity contribution in [2.24, 2.45) is 0 Å². The molecule has 0 unspecified atom stereocenters. The molecule has 0 aliphatic rings. The van der Waals surface area contributed by atoms with Gasteiger partial charge in [-0.05, 0) is 12.8 Å². The van der Waals surface area contributed by atoms with E-state index in [0.29, 0.717) is 6.61 Å². The normalized spacial score (nSPS) is 11.7. The highest BCUT2D eigenvalue weighted by Gasteiger charge is 2.15. The molecule has 0 aromatic rings. The molecule has 0 amide bonds. The quantitative estimate of drug-likeness (QED) is 0.0858. The van der Waals surface area contributed by atoms with Gasteiger partial charge in [-0.15, -0.1) is 11.6 Å². The summed E-state index contributed by atoms with van der Waals surface area (Å²) in [5.41, 5.74) is 0. The number of unbranched alkanes of at least 4 members (excludes halogenated alkanes) is 15. The number of halogens is 1. The van der Waals surface area contributed by atoms with Crippen LogP contribution in [-0.4, -0.2) is 50.1 Å². The maximum Gasteiger partial charge on any atom is 0.321 e. The van der Waals surface area contributed by atoms with Crippen molar-refractivity contribution in [3.63, 3.8) is 0 Å². The molecule has 0 aromatic carbocycles. The van der Waals surface area contributed by atoms with E-state index in [1.54, 1.807) is 0 Å². The van der Waals surface area contributed by atoms with Crippen LogP contribution in [0.4, 0.5) is 0 Å². The van der Waals surface area contributed by atoms with Crippen molar-refractivity contribution in [2.75, 3.05) is 39.7 Å². The summed E-state index contributed by atoms with van der Waals surface area (Å²) in [6, 6.07) is 0. The molecule has 0 rings (SSSR count). The van der Waals surface area contributed by atoms with E-state index in [1.165, 1.54) is 103 Å². The molecule has 0 saturated carbocycles. The Labute approximate surface area is 181 Å². The predicted octanol–water partition coefficient (Wildman–Crippen LogP) is 7.11. The largest absolute Gasteiger partial charge is 0.459 e. The van der Waals surface area contributed by atoms with Gasteiger partial charge in [0, 0.05) is 0 Å². The lowest BCUT2D eigenvalue weighted by molar-refractivity contribution is -0.890. The number of alkyl halides is 1. The van der Waals surface area contributed by atoms with Crippen molar-refractivity contribution in [1.82, 2.24) is 0 Å². The Balaban J connectivity index is 3.27. The van der Waals surface area contributed by atoms with E-state index in [2.05, 4.69) is 21.0 Å². The van der Waals surface area contributed by atoms with E-state index in [0.717, 1.165) is 17.6 Å². The van der Waals surface area contributed by atoms with Crippen LogP contribution in [0.5, 0.6) is 0 Å². The van der Waals surface area contributed by atoms with Crippen LogP contribution < -0.4 is 0 Å². The number of rotatable bonds is 21. The Hall–Kier alpha value is -0.280. The van der Waals surface area contributed by atoms with Crippen LogP contribution in [0.15, 0.2) is 0 Å². The fourth-order valence-corrected chi connectivity index (χ4v) is 3.72. The molecule has 0 saturated heterocycles. The van der Waals surface area contributed by atoms with Crippen LogP contribution in [0.1, 0.15) is 110 Å². The summed E-state index contributed by atoms with van der Waals surface area (Å²) < 4.78 is 5.98. The molecule has 0 bridgehead atoms. The van der Waals surface area contributed by atoms with Gasteiger partial charge in [0.15, 0.2) is 0 Å². The molecule has 4 heteroatoms. The van der Waals surface area contributed by atoms with Crippen LogP contribution in [-0.2, 0) is 9.53 Å². The lowest BCUT2D eigenvalue weighted by Crippen LogP contribution is -2.43. The molecule has 0 aliphatic carbocycles. The van der Waals surface area contributed by atoms with E-state index in [4.69, 9.17) is 16.3 Å². The average Bonchev–Trinajstić information content (AvgIpc) is 2.67. The molecule has 0 heterocycles. The molecule has 0 N–H and O–H groups in total. The van der Waals surface area contributed by atoms with E-state index < -0.39 is 0 Å². The summed E-state index contributed by atoms with van der Waals surface area (Å²) in [6.45, 7) is 4.77. The fourth-order valence-electron chi connectivity index (χ4n) is 3.64. The minimum Gasteiger partial charge on any atom is -0.459 e. The van der Waals surface area contributed by atoms with Gasteiger partial charge in [0.05, 0.1) is 20.6 Å². The molecule has 0 radical (unpaired) electrons. The van der Waals surface area contributed by atoms with Crippen molar-refractivity contribution in [1.29, 1.82) is 0 Å². The zero-order chi connectivity index (χ0) is 20.9. The highest BCUT2D eigenvalue weighted by atomic mass is 35.5. The molecule has 0 aromatic heterocycles. The van der Waals surface area contributed by atoms with Gasteiger partial charge in [-0.2, -0.15) is 0 Å². The van der Waals surface area contributed by atoms with Gasteiger partial charge in [0.1, 0.15) is 19.0 Å². The average molecular weight is 419 g/mol. The second kappa shape index (κ2) is 20.0. The molecule has 28 heavy (non-hydrogen) atoms. The minimum absolute atomic E-state index is 0.0491. The predicted molar refractivity (Wildman–Crippen MR) is 123 cm³/mol. The summed E-state index contributed by atoms with van der Waals surface area (Å²) in [7, 11) is 4.42. The summed E-state index contributed by atoms with van der Waals surface area (Å²) in [5, 5.41) is 0. The van der Waals surface area contributed by atoms with Crippen LogP contribution in [0.25, 0.3) is 0 Å². The van der Waals surface area contributed by atoms with Crippen LogP contribution >= 0.6 is 11.6 Å². The van der Waals surface area contributed by atoms with Crippen molar-refractivity contribution in [2.45, 2.75) is 110 Å². The highest BCUT2D eigenvalue weighted by molar-refractivity contribution is 6.26. The first-order valence-electron chi connectivity index (χ1n) is 12.1. The number of quaternary nitrogens is 1. The third kappa shape index (κ3) is 20.5. The van der Waals surface area contributed by atoms with Crippen molar-refractivity contribution >= 4 is 17.6 Å². The molecule has 168 valence electrons. The van der Waals surface area contributed by atoms with E-state index in [9.17, 15) is 4.79 Å². The van der Waals surface area contributed by atoms with Gasteiger partial charge in [-0.1, -0.05) is 96.8 Å². The van der Waals surface area contributed by atoms with Gasteiger partial charge in [-0.3, -0.25) is 4.79 Å². The maximum absolute atomic E-state index is 11.1. The zero-order valence-corrected chi connectivity index (χ0v) is 20.0.